The van der Waals surface area contributed by atoms with Gasteiger partial charge in [-0.05, 0) is 48.8 Å². The summed E-state index contributed by atoms with van der Waals surface area (Å²) in [4.78, 5) is 35.4. The molecule has 0 heterocycles. The van der Waals surface area contributed by atoms with Gasteiger partial charge in [-0.2, -0.15) is 0 Å². The van der Waals surface area contributed by atoms with Gasteiger partial charge in [-0.25, -0.2) is 4.79 Å². The molecule has 1 aliphatic carbocycles. The van der Waals surface area contributed by atoms with Gasteiger partial charge in [0.2, 0.25) is 5.91 Å². The minimum absolute atomic E-state index is 0.0761. The Balaban J connectivity index is 2.02. The fourth-order valence-corrected chi connectivity index (χ4v) is 3.21. The number of carbonyl (C=O) groups is 3. The number of carbonyl (C=O) groups excluding carboxylic acids is 2. The minimum Gasteiger partial charge on any atom is -0.480 e. The molecule has 25 heavy (non-hydrogen) atoms. The number of hydrogen-bond acceptors (Lipinski definition) is 3. The van der Waals surface area contributed by atoms with Crippen molar-refractivity contribution in [3.8, 4) is 0 Å². The van der Waals surface area contributed by atoms with Gasteiger partial charge in [0.05, 0.1) is 0 Å². The van der Waals surface area contributed by atoms with E-state index in [1.807, 2.05) is 26.0 Å². The lowest BCUT2D eigenvalue weighted by Gasteiger charge is -2.36. The van der Waals surface area contributed by atoms with Crippen LogP contribution in [-0.4, -0.2) is 36.0 Å². The van der Waals surface area contributed by atoms with E-state index >= 15 is 0 Å². The summed E-state index contributed by atoms with van der Waals surface area (Å²) in [6.07, 6.45) is 2.06. The maximum atomic E-state index is 12.5. The first kappa shape index (κ1) is 19.0. The van der Waals surface area contributed by atoms with E-state index in [-0.39, 0.29) is 29.6 Å². The zero-order valence-electron chi connectivity index (χ0n) is 14.9. The Kier molecular flexibility index (Phi) is 6.17. The van der Waals surface area contributed by atoms with Gasteiger partial charge in [-0.1, -0.05) is 26.0 Å². The molecule has 6 nitrogen and oxygen atoms in total. The highest BCUT2D eigenvalue weighted by molar-refractivity contribution is 5.94. The number of amides is 2. The van der Waals surface area contributed by atoms with Crippen LogP contribution in [0.2, 0.25) is 0 Å². The molecule has 1 saturated carbocycles. The van der Waals surface area contributed by atoms with Crippen molar-refractivity contribution in [2.24, 2.45) is 11.8 Å². The molecule has 0 spiro atoms. The lowest BCUT2D eigenvalue weighted by atomic mass is 9.69. The van der Waals surface area contributed by atoms with Crippen molar-refractivity contribution < 1.29 is 19.5 Å². The van der Waals surface area contributed by atoms with Crippen molar-refractivity contribution >= 4 is 17.8 Å². The lowest BCUT2D eigenvalue weighted by Crippen LogP contribution is -2.47. The second-order valence-corrected chi connectivity index (χ2v) is 7.02. The highest BCUT2D eigenvalue weighted by Gasteiger charge is 2.38. The summed E-state index contributed by atoms with van der Waals surface area (Å²) in [6, 6.07) is 6.40. The third kappa shape index (κ3) is 4.59. The van der Waals surface area contributed by atoms with Gasteiger partial charge in [0.1, 0.15) is 6.04 Å². The van der Waals surface area contributed by atoms with Crippen LogP contribution in [-0.2, 0) is 9.59 Å². The fraction of sp³-hybridized carbons (Fsp3) is 0.526. The zero-order valence-corrected chi connectivity index (χ0v) is 14.9. The molecule has 0 aliphatic heterocycles. The molecule has 3 N–H and O–H groups in total. The van der Waals surface area contributed by atoms with Crippen LogP contribution in [0.1, 0.15) is 54.9 Å². The standard InChI is InChI=1S/C19H26N2O4/c1-11(2)10-16(19(24)25)21-18(23)15-9-8-14(15)12-4-6-13(7-5-12)17(22)20-3/h4-7,11,14-16H,8-10H2,1-3H3,(H,20,22)(H,21,23)(H,24,25)/t14?,15?,16-/m0/s1. The van der Waals surface area contributed by atoms with Crippen molar-refractivity contribution in [1.29, 1.82) is 0 Å². The molecule has 2 unspecified atom stereocenters. The van der Waals surface area contributed by atoms with Gasteiger partial charge >= 0.3 is 5.97 Å². The van der Waals surface area contributed by atoms with E-state index in [0.717, 1.165) is 18.4 Å². The second kappa shape index (κ2) is 8.14. The van der Waals surface area contributed by atoms with Crippen molar-refractivity contribution in [2.75, 3.05) is 7.05 Å². The van der Waals surface area contributed by atoms with E-state index in [9.17, 15) is 19.5 Å². The van der Waals surface area contributed by atoms with Crippen LogP contribution >= 0.6 is 0 Å². The smallest absolute Gasteiger partial charge is 0.326 e. The summed E-state index contributed by atoms with van der Waals surface area (Å²) in [5, 5.41) is 14.5. The molecular weight excluding hydrogens is 320 g/mol. The van der Waals surface area contributed by atoms with Crippen LogP contribution in [0.25, 0.3) is 0 Å². The van der Waals surface area contributed by atoms with Crippen molar-refractivity contribution in [1.82, 2.24) is 10.6 Å². The zero-order chi connectivity index (χ0) is 18.6. The van der Waals surface area contributed by atoms with Crippen molar-refractivity contribution in [3.05, 3.63) is 35.4 Å². The molecule has 0 radical (unpaired) electrons. The summed E-state index contributed by atoms with van der Waals surface area (Å²) >= 11 is 0. The quantitative estimate of drug-likeness (QED) is 0.705. The van der Waals surface area contributed by atoms with Crippen LogP contribution in [0, 0.1) is 11.8 Å². The maximum absolute atomic E-state index is 12.5. The molecular formula is C19H26N2O4. The number of hydrogen-bond donors (Lipinski definition) is 3. The third-order valence-corrected chi connectivity index (χ3v) is 4.76. The Bertz CT molecular complexity index is 639. The predicted octanol–water partition coefficient (Wildman–Crippen LogP) is 2.16. The highest BCUT2D eigenvalue weighted by Crippen LogP contribution is 2.42. The SMILES string of the molecule is CNC(=O)c1ccc(C2CCC2C(=O)N[C@@H](CC(C)C)C(=O)O)cc1. The average molecular weight is 346 g/mol. The topological polar surface area (TPSA) is 95.5 Å². The summed E-state index contributed by atoms with van der Waals surface area (Å²) in [7, 11) is 1.58. The van der Waals surface area contributed by atoms with Crippen LogP contribution in [0.5, 0.6) is 0 Å². The molecule has 1 fully saturated rings. The van der Waals surface area contributed by atoms with E-state index in [1.54, 1.807) is 19.2 Å². The van der Waals surface area contributed by atoms with E-state index < -0.39 is 12.0 Å². The fourth-order valence-electron chi connectivity index (χ4n) is 3.21. The largest absolute Gasteiger partial charge is 0.480 e. The summed E-state index contributed by atoms with van der Waals surface area (Å²) in [6.45, 7) is 3.87. The average Bonchev–Trinajstić information content (AvgIpc) is 2.52. The molecule has 3 atom stereocenters. The third-order valence-electron chi connectivity index (χ3n) is 4.76. The number of rotatable bonds is 7. The van der Waals surface area contributed by atoms with Crippen LogP contribution < -0.4 is 10.6 Å². The Morgan fingerprint density at radius 1 is 1.16 bits per heavy atom. The molecule has 0 aromatic heterocycles. The van der Waals surface area contributed by atoms with E-state index in [0.29, 0.717) is 12.0 Å². The first-order valence-corrected chi connectivity index (χ1v) is 8.68. The summed E-state index contributed by atoms with van der Waals surface area (Å²) in [5.41, 5.74) is 1.59. The maximum Gasteiger partial charge on any atom is 0.326 e. The molecule has 0 bridgehead atoms. The molecule has 1 aliphatic rings. The second-order valence-electron chi connectivity index (χ2n) is 7.02. The van der Waals surface area contributed by atoms with Crippen molar-refractivity contribution in [2.45, 2.75) is 45.1 Å². The molecule has 136 valence electrons. The molecule has 2 amide bonds. The van der Waals surface area contributed by atoms with Gasteiger partial charge < -0.3 is 15.7 Å². The van der Waals surface area contributed by atoms with Crippen molar-refractivity contribution in [3.63, 3.8) is 0 Å². The number of nitrogens with one attached hydrogen (secondary N) is 2. The van der Waals surface area contributed by atoms with Gasteiger partial charge in [0.25, 0.3) is 5.91 Å². The van der Waals surface area contributed by atoms with Crippen LogP contribution in [0.4, 0.5) is 0 Å². The predicted molar refractivity (Wildman–Crippen MR) is 94.3 cm³/mol. The normalized spacial score (nSPS) is 20.5. The summed E-state index contributed by atoms with van der Waals surface area (Å²) < 4.78 is 0. The van der Waals surface area contributed by atoms with E-state index in [2.05, 4.69) is 10.6 Å². The Hall–Kier alpha value is -2.37. The highest BCUT2D eigenvalue weighted by atomic mass is 16.4. The van der Waals surface area contributed by atoms with Gasteiger partial charge in [0.15, 0.2) is 0 Å². The molecule has 2 rings (SSSR count). The van der Waals surface area contributed by atoms with Crippen LogP contribution in [0.15, 0.2) is 24.3 Å². The molecule has 6 heteroatoms. The Morgan fingerprint density at radius 3 is 2.24 bits per heavy atom. The number of aliphatic carboxylic acids is 1. The minimum atomic E-state index is -0.993. The Labute approximate surface area is 148 Å². The number of carboxylic acid groups (broad SMARTS) is 1. The monoisotopic (exact) mass is 346 g/mol. The van der Waals surface area contributed by atoms with Gasteiger partial charge in [-0.3, -0.25) is 9.59 Å². The van der Waals surface area contributed by atoms with E-state index in [1.165, 1.54) is 0 Å². The molecule has 0 saturated heterocycles. The molecule has 1 aromatic carbocycles. The molecule has 1 aromatic rings. The van der Waals surface area contributed by atoms with Gasteiger partial charge in [-0.15, -0.1) is 0 Å². The number of carboxylic acids is 1. The van der Waals surface area contributed by atoms with E-state index in [4.69, 9.17) is 0 Å². The Morgan fingerprint density at radius 2 is 1.80 bits per heavy atom. The first-order chi connectivity index (χ1) is 11.8. The number of benzene rings is 1. The lowest BCUT2D eigenvalue weighted by molar-refractivity contribution is -0.143. The summed E-state index contributed by atoms with van der Waals surface area (Å²) in [5.74, 6) is -1.28. The van der Waals surface area contributed by atoms with Gasteiger partial charge in [0, 0.05) is 18.5 Å². The van der Waals surface area contributed by atoms with Crippen LogP contribution in [0.3, 0.4) is 0 Å². The first-order valence-electron chi connectivity index (χ1n) is 8.68.